The lowest BCUT2D eigenvalue weighted by atomic mass is 10.5. The first kappa shape index (κ1) is 16.6. The van der Waals surface area contributed by atoms with E-state index in [0.717, 1.165) is 16.2 Å². The third kappa shape index (κ3) is 5.19. The first-order chi connectivity index (χ1) is 7.30. The number of halogens is 1. The van der Waals surface area contributed by atoms with Crippen LogP contribution in [0.15, 0.2) is 21.3 Å². The molecule has 0 aromatic carbocycles. The summed E-state index contributed by atoms with van der Waals surface area (Å²) in [4.78, 5) is 6.56. The molecule has 0 amide bonds. The standard InChI is InChI=1S/C8H14N4O2S2.HI/c1-12(2)8(9)11-5-6-3-4-7(15-6)16(10,13)14;/h3-4H,5H2,1-2H3,(H2,9,11)(H2,10,13,14);1H. The van der Waals surface area contributed by atoms with E-state index in [4.69, 9.17) is 10.9 Å². The summed E-state index contributed by atoms with van der Waals surface area (Å²) in [5.41, 5.74) is 5.59. The van der Waals surface area contributed by atoms with Gasteiger partial charge in [0.25, 0.3) is 0 Å². The number of rotatable bonds is 3. The van der Waals surface area contributed by atoms with Gasteiger partial charge in [0.2, 0.25) is 10.0 Å². The minimum atomic E-state index is -3.61. The summed E-state index contributed by atoms with van der Waals surface area (Å²) in [6.45, 7) is 0.351. The topological polar surface area (TPSA) is 102 Å². The van der Waals surface area contributed by atoms with E-state index in [1.165, 1.54) is 6.07 Å². The number of hydrogen-bond acceptors (Lipinski definition) is 4. The fourth-order valence-electron chi connectivity index (χ4n) is 0.896. The lowest BCUT2D eigenvalue weighted by Crippen LogP contribution is -2.30. The number of guanidine groups is 1. The van der Waals surface area contributed by atoms with E-state index >= 15 is 0 Å². The van der Waals surface area contributed by atoms with Crippen molar-refractivity contribution in [3.63, 3.8) is 0 Å². The average molecular weight is 390 g/mol. The third-order valence-corrected chi connectivity index (χ3v) is 4.28. The molecule has 98 valence electrons. The second kappa shape index (κ2) is 6.52. The molecule has 1 aromatic rings. The van der Waals surface area contributed by atoms with E-state index < -0.39 is 10.0 Å². The molecular weight excluding hydrogens is 375 g/mol. The number of primary sulfonamides is 1. The van der Waals surface area contributed by atoms with Crippen LogP contribution in [0.5, 0.6) is 0 Å². The van der Waals surface area contributed by atoms with E-state index in [1.807, 2.05) is 0 Å². The van der Waals surface area contributed by atoms with Crippen LogP contribution in [0.25, 0.3) is 0 Å². The number of aliphatic imine (C=N–C) groups is 1. The molecule has 1 aromatic heterocycles. The number of hydrogen-bond donors (Lipinski definition) is 2. The predicted octanol–water partition coefficient (Wildman–Crippen LogP) is 0.390. The summed E-state index contributed by atoms with van der Waals surface area (Å²) >= 11 is 1.10. The summed E-state index contributed by atoms with van der Waals surface area (Å²) in [7, 11) is -0.0469. The van der Waals surface area contributed by atoms with Gasteiger partial charge in [0.15, 0.2) is 5.96 Å². The van der Waals surface area contributed by atoms with Gasteiger partial charge in [-0.1, -0.05) is 0 Å². The van der Waals surface area contributed by atoms with Crippen LogP contribution in [-0.2, 0) is 16.6 Å². The Kier molecular flexibility index (Phi) is 6.37. The molecule has 0 unspecified atom stereocenters. The fraction of sp³-hybridized carbons (Fsp3) is 0.375. The molecule has 0 aliphatic heterocycles. The van der Waals surface area contributed by atoms with Gasteiger partial charge in [0.05, 0.1) is 6.54 Å². The molecule has 0 spiro atoms. The molecule has 0 bridgehead atoms. The van der Waals surface area contributed by atoms with E-state index in [0.29, 0.717) is 12.5 Å². The molecule has 1 rings (SSSR count). The number of sulfonamides is 1. The Hall–Kier alpha value is -0.390. The van der Waals surface area contributed by atoms with Gasteiger partial charge in [-0.05, 0) is 12.1 Å². The smallest absolute Gasteiger partial charge is 0.247 e. The molecule has 9 heteroatoms. The van der Waals surface area contributed by atoms with Crippen molar-refractivity contribution in [2.45, 2.75) is 10.8 Å². The fourth-order valence-corrected chi connectivity index (χ4v) is 2.60. The van der Waals surface area contributed by atoms with Crippen LogP contribution in [0.1, 0.15) is 4.88 Å². The maximum Gasteiger partial charge on any atom is 0.247 e. The first-order valence-corrected chi connectivity index (χ1v) is 6.76. The minimum absolute atomic E-state index is 0. The molecule has 0 saturated carbocycles. The van der Waals surface area contributed by atoms with Gasteiger partial charge in [-0.3, -0.25) is 0 Å². The van der Waals surface area contributed by atoms with Gasteiger partial charge in [-0.2, -0.15) is 0 Å². The van der Waals surface area contributed by atoms with Gasteiger partial charge >= 0.3 is 0 Å². The summed E-state index contributed by atoms with van der Waals surface area (Å²) in [6.07, 6.45) is 0. The molecule has 1 heterocycles. The third-order valence-electron chi connectivity index (χ3n) is 1.77. The van der Waals surface area contributed by atoms with Crippen LogP contribution in [0, 0.1) is 0 Å². The van der Waals surface area contributed by atoms with E-state index in [9.17, 15) is 8.42 Å². The van der Waals surface area contributed by atoms with Crippen LogP contribution >= 0.6 is 35.3 Å². The van der Waals surface area contributed by atoms with Crippen LogP contribution < -0.4 is 10.9 Å². The van der Waals surface area contributed by atoms with Gasteiger partial charge in [-0.15, -0.1) is 35.3 Å². The zero-order valence-electron chi connectivity index (χ0n) is 9.45. The highest BCUT2D eigenvalue weighted by Gasteiger charge is 2.10. The molecule has 0 fully saturated rings. The van der Waals surface area contributed by atoms with Crippen LogP contribution in [0.3, 0.4) is 0 Å². The van der Waals surface area contributed by atoms with Crippen molar-refractivity contribution in [1.82, 2.24) is 4.90 Å². The van der Waals surface area contributed by atoms with Crippen molar-refractivity contribution in [2.75, 3.05) is 14.1 Å². The molecule has 17 heavy (non-hydrogen) atoms. The Morgan fingerprint density at radius 1 is 1.47 bits per heavy atom. The average Bonchev–Trinajstić information content (AvgIpc) is 2.61. The van der Waals surface area contributed by atoms with Gasteiger partial charge in [0, 0.05) is 19.0 Å². The van der Waals surface area contributed by atoms with Crippen LogP contribution in [-0.4, -0.2) is 33.4 Å². The van der Waals surface area contributed by atoms with Crippen molar-refractivity contribution in [3.05, 3.63) is 17.0 Å². The van der Waals surface area contributed by atoms with Crippen molar-refractivity contribution >= 4 is 51.3 Å². The SMILES string of the molecule is CN(C)C(N)=NCc1ccc(S(N)(=O)=O)s1.I. The van der Waals surface area contributed by atoms with E-state index in [-0.39, 0.29) is 28.2 Å². The minimum Gasteiger partial charge on any atom is -0.370 e. The monoisotopic (exact) mass is 390 g/mol. The lowest BCUT2D eigenvalue weighted by Gasteiger charge is -2.09. The molecule has 4 N–H and O–H groups in total. The van der Waals surface area contributed by atoms with Gasteiger partial charge in [0.1, 0.15) is 4.21 Å². The molecule has 6 nitrogen and oxygen atoms in total. The quantitative estimate of drug-likeness (QED) is 0.443. The second-order valence-electron chi connectivity index (χ2n) is 3.33. The Bertz CT molecular complexity index is 495. The molecule has 0 aliphatic carbocycles. The largest absolute Gasteiger partial charge is 0.370 e. The molecule has 0 atom stereocenters. The lowest BCUT2D eigenvalue weighted by molar-refractivity contribution is 0.600. The molecule has 0 aliphatic rings. The highest BCUT2D eigenvalue weighted by Crippen LogP contribution is 2.20. The van der Waals surface area contributed by atoms with Crippen molar-refractivity contribution in [3.8, 4) is 0 Å². The van der Waals surface area contributed by atoms with Crippen molar-refractivity contribution in [2.24, 2.45) is 15.9 Å². The van der Waals surface area contributed by atoms with E-state index in [1.54, 1.807) is 25.1 Å². The highest BCUT2D eigenvalue weighted by atomic mass is 127. The summed E-state index contributed by atoms with van der Waals surface area (Å²) in [6, 6.07) is 3.15. The zero-order valence-corrected chi connectivity index (χ0v) is 13.4. The summed E-state index contributed by atoms with van der Waals surface area (Å²) in [5.74, 6) is 0.394. The zero-order chi connectivity index (χ0) is 12.3. The van der Waals surface area contributed by atoms with Gasteiger partial charge < -0.3 is 10.6 Å². The Morgan fingerprint density at radius 3 is 2.47 bits per heavy atom. The Morgan fingerprint density at radius 2 is 2.06 bits per heavy atom. The Balaban J connectivity index is 0.00000256. The van der Waals surface area contributed by atoms with Crippen molar-refractivity contribution in [1.29, 1.82) is 0 Å². The number of thiophene rings is 1. The summed E-state index contributed by atoms with van der Waals surface area (Å²) in [5, 5.41) is 4.99. The number of nitrogens with zero attached hydrogens (tertiary/aromatic N) is 2. The first-order valence-electron chi connectivity index (χ1n) is 4.39. The van der Waals surface area contributed by atoms with E-state index in [2.05, 4.69) is 4.99 Å². The molecule has 0 saturated heterocycles. The number of nitrogens with two attached hydrogens (primary N) is 2. The van der Waals surface area contributed by atoms with Crippen molar-refractivity contribution < 1.29 is 8.42 Å². The molecule has 0 radical (unpaired) electrons. The second-order valence-corrected chi connectivity index (χ2v) is 6.29. The summed E-state index contributed by atoms with van der Waals surface area (Å²) < 4.78 is 22.2. The Labute approximate surface area is 122 Å². The highest BCUT2D eigenvalue weighted by molar-refractivity contribution is 14.0. The van der Waals surface area contributed by atoms with Gasteiger partial charge in [-0.25, -0.2) is 18.5 Å². The van der Waals surface area contributed by atoms with Crippen LogP contribution in [0.2, 0.25) is 0 Å². The normalized spacial score (nSPS) is 12.1. The predicted molar refractivity (Wildman–Crippen MR) is 80.1 cm³/mol. The molecular formula is C8H15IN4O2S2. The maximum absolute atomic E-state index is 11.0. The maximum atomic E-state index is 11.0. The van der Waals surface area contributed by atoms with Crippen LogP contribution in [0.4, 0.5) is 0 Å².